The van der Waals surface area contributed by atoms with E-state index < -0.39 is 6.36 Å². The van der Waals surface area contributed by atoms with Gasteiger partial charge in [0.2, 0.25) is 0 Å². The van der Waals surface area contributed by atoms with Gasteiger partial charge in [-0.05, 0) is 64.0 Å². The Labute approximate surface area is 126 Å². The van der Waals surface area contributed by atoms with E-state index in [-0.39, 0.29) is 5.75 Å². The minimum Gasteiger partial charge on any atom is -0.406 e. The summed E-state index contributed by atoms with van der Waals surface area (Å²) in [6, 6.07) is 11.3. The number of alkyl halides is 3. The molecular formula is C13H7ClF3IO. The van der Waals surface area contributed by atoms with Gasteiger partial charge in [0.25, 0.3) is 0 Å². The van der Waals surface area contributed by atoms with Crippen LogP contribution in [0.3, 0.4) is 0 Å². The van der Waals surface area contributed by atoms with Crippen LogP contribution in [0, 0.1) is 3.57 Å². The van der Waals surface area contributed by atoms with E-state index in [0.29, 0.717) is 8.59 Å². The molecule has 0 saturated carbocycles. The average molecular weight is 399 g/mol. The highest BCUT2D eigenvalue weighted by Crippen LogP contribution is 2.32. The van der Waals surface area contributed by atoms with Crippen molar-refractivity contribution in [2.75, 3.05) is 0 Å². The SMILES string of the molecule is FC(F)(F)Oc1ccc(-c2cccc(Cl)c2)c(I)c1. The van der Waals surface area contributed by atoms with Crippen LogP contribution in [0.4, 0.5) is 13.2 Å². The fourth-order valence-electron chi connectivity index (χ4n) is 1.58. The molecule has 0 amide bonds. The van der Waals surface area contributed by atoms with E-state index in [0.717, 1.165) is 11.1 Å². The molecule has 100 valence electrons. The maximum Gasteiger partial charge on any atom is 0.573 e. The van der Waals surface area contributed by atoms with Crippen molar-refractivity contribution < 1.29 is 17.9 Å². The van der Waals surface area contributed by atoms with E-state index in [2.05, 4.69) is 4.74 Å². The molecule has 0 aliphatic heterocycles. The van der Waals surface area contributed by atoms with Gasteiger partial charge in [0.05, 0.1) is 0 Å². The summed E-state index contributed by atoms with van der Waals surface area (Å²) in [5.41, 5.74) is 1.65. The summed E-state index contributed by atoms with van der Waals surface area (Å²) in [6.07, 6.45) is -4.68. The molecule has 0 bridgehead atoms. The van der Waals surface area contributed by atoms with Crippen molar-refractivity contribution in [3.8, 4) is 16.9 Å². The molecule has 0 spiro atoms. The van der Waals surface area contributed by atoms with Gasteiger partial charge >= 0.3 is 6.36 Å². The van der Waals surface area contributed by atoms with E-state index >= 15 is 0 Å². The molecule has 0 fully saturated rings. The van der Waals surface area contributed by atoms with E-state index in [4.69, 9.17) is 11.6 Å². The second-order valence-corrected chi connectivity index (χ2v) is 5.30. The number of halogens is 5. The maximum atomic E-state index is 12.1. The Bertz CT molecular complexity index is 599. The van der Waals surface area contributed by atoms with Gasteiger partial charge in [-0.2, -0.15) is 0 Å². The lowest BCUT2D eigenvalue weighted by Crippen LogP contribution is -2.17. The molecule has 0 unspecified atom stereocenters. The zero-order valence-electron chi connectivity index (χ0n) is 9.34. The van der Waals surface area contributed by atoms with Gasteiger partial charge in [0, 0.05) is 8.59 Å². The molecule has 1 nitrogen and oxygen atoms in total. The third-order valence-electron chi connectivity index (χ3n) is 2.31. The average Bonchev–Trinajstić information content (AvgIpc) is 2.26. The number of hydrogen-bond donors (Lipinski definition) is 0. The summed E-state index contributed by atoms with van der Waals surface area (Å²) in [7, 11) is 0. The Morgan fingerprint density at radius 3 is 2.37 bits per heavy atom. The van der Waals surface area contributed by atoms with Crippen LogP contribution in [-0.4, -0.2) is 6.36 Å². The molecule has 0 heterocycles. The summed E-state index contributed by atoms with van der Waals surface area (Å²) >= 11 is 7.85. The van der Waals surface area contributed by atoms with Crippen molar-refractivity contribution in [3.63, 3.8) is 0 Å². The minimum absolute atomic E-state index is 0.234. The van der Waals surface area contributed by atoms with E-state index in [1.165, 1.54) is 12.1 Å². The summed E-state index contributed by atoms with van der Waals surface area (Å²) in [4.78, 5) is 0. The Morgan fingerprint density at radius 2 is 1.79 bits per heavy atom. The molecule has 0 N–H and O–H groups in total. The molecule has 0 atom stereocenters. The summed E-state index contributed by atoms with van der Waals surface area (Å²) in [5, 5.41) is 0.573. The fourth-order valence-corrected chi connectivity index (χ4v) is 2.57. The standard InChI is InChI=1S/C13H7ClF3IO/c14-9-3-1-2-8(6-9)11-5-4-10(7-12(11)18)19-13(15,16)17/h1-7H. The zero-order valence-corrected chi connectivity index (χ0v) is 12.3. The number of hydrogen-bond acceptors (Lipinski definition) is 1. The second-order valence-electron chi connectivity index (χ2n) is 3.70. The van der Waals surface area contributed by atoms with Crippen LogP contribution >= 0.6 is 34.2 Å². The molecule has 2 aromatic carbocycles. The largest absolute Gasteiger partial charge is 0.573 e. The third kappa shape index (κ3) is 4.01. The van der Waals surface area contributed by atoms with Crippen molar-refractivity contribution in [2.45, 2.75) is 6.36 Å². The van der Waals surface area contributed by atoms with Gasteiger partial charge in [-0.15, -0.1) is 13.2 Å². The molecule has 2 rings (SSSR count). The van der Waals surface area contributed by atoms with Crippen LogP contribution in [0.5, 0.6) is 5.75 Å². The Morgan fingerprint density at radius 1 is 1.05 bits per heavy atom. The molecule has 19 heavy (non-hydrogen) atoms. The van der Waals surface area contributed by atoms with Crippen LogP contribution in [0.1, 0.15) is 0 Å². The second kappa shape index (κ2) is 5.58. The van der Waals surface area contributed by atoms with Crippen LogP contribution in [-0.2, 0) is 0 Å². The molecular weight excluding hydrogens is 391 g/mol. The highest BCUT2D eigenvalue weighted by Gasteiger charge is 2.31. The summed E-state index contributed by atoms with van der Waals surface area (Å²) in [6.45, 7) is 0. The van der Waals surface area contributed by atoms with Crippen molar-refractivity contribution in [1.82, 2.24) is 0 Å². The van der Waals surface area contributed by atoms with Crippen LogP contribution in [0.25, 0.3) is 11.1 Å². The number of ether oxygens (including phenoxy) is 1. The molecule has 2 aromatic rings. The highest BCUT2D eigenvalue weighted by molar-refractivity contribution is 14.1. The first-order valence-electron chi connectivity index (χ1n) is 5.16. The first-order chi connectivity index (χ1) is 8.85. The lowest BCUT2D eigenvalue weighted by molar-refractivity contribution is -0.274. The fraction of sp³-hybridized carbons (Fsp3) is 0.0769. The summed E-state index contributed by atoms with van der Waals surface area (Å²) < 4.78 is 40.8. The van der Waals surface area contributed by atoms with Crippen LogP contribution in [0.15, 0.2) is 42.5 Å². The zero-order chi connectivity index (χ0) is 14.0. The highest BCUT2D eigenvalue weighted by atomic mass is 127. The first-order valence-corrected chi connectivity index (χ1v) is 6.62. The Balaban J connectivity index is 2.34. The molecule has 0 saturated heterocycles. The number of rotatable bonds is 2. The van der Waals surface area contributed by atoms with E-state index in [1.807, 2.05) is 28.7 Å². The van der Waals surface area contributed by atoms with Gasteiger partial charge in [-0.1, -0.05) is 23.7 Å². The molecule has 0 aliphatic carbocycles. The smallest absolute Gasteiger partial charge is 0.406 e. The van der Waals surface area contributed by atoms with Gasteiger partial charge in [-0.25, -0.2) is 0 Å². The minimum atomic E-state index is -4.68. The van der Waals surface area contributed by atoms with Crippen LogP contribution < -0.4 is 4.74 Å². The maximum absolute atomic E-state index is 12.1. The monoisotopic (exact) mass is 398 g/mol. The molecule has 6 heteroatoms. The van der Waals surface area contributed by atoms with Crippen molar-refractivity contribution in [2.24, 2.45) is 0 Å². The molecule has 0 aromatic heterocycles. The topological polar surface area (TPSA) is 9.23 Å². The normalized spacial score (nSPS) is 11.4. The number of benzene rings is 2. The van der Waals surface area contributed by atoms with Gasteiger partial charge in [-0.3, -0.25) is 0 Å². The molecule has 0 radical (unpaired) electrons. The molecule has 0 aliphatic rings. The lowest BCUT2D eigenvalue weighted by atomic mass is 10.1. The van der Waals surface area contributed by atoms with Crippen molar-refractivity contribution >= 4 is 34.2 Å². The van der Waals surface area contributed by atoms with Gasteiger partial charge < -0.3 is 4.74 Å². The third-order valence-corrected chi connectivity index (χ3v) is 3.44. The predicted octanol–water partition coefficient (Wildman–Crippen LogP) is 5.51. The quantitative estimate of drug-likeness (QED) is 0.606. The van der Waals surface area contributed by atoms with E-state index in [1.54, 1.807) is 24.3 Å². The van der Waals surface area contributed by atoms with Crippen molar-refractivity contribution in [3.05, 3.63) is 51.1 Å². The Hall–Kier alpha value is -0.950. The van der Waals surface area contributed by atoms with Crippen molar-refractivity contribution in [1.29, 1.82) is 0 Å². The van der Waals surface area contributed by atoms with Gasteiger partial charge in [0.1, 0.15) is 5.75 Å². The van der Waals surface area contributed by atoms with Gasteiger partial charge in [0.15, 0.2) is 0 Å². The Kier molecular flexibility index (Phi) is 4.25. The van der Waals surface area contributed by atoms with Crippen LogP contribution in [0.2, 0.25) is 5.02 Å². The summed E-state index contributed by atoms with van der Waals surface area (Å²) in [5.74, 6) is -0.234. The first kappa shape index (κ1) is 14.5. The lowest BCUT2D eigenvalue weighted by Gasteiger charge is -2.11. The predicted molar refractivity (Wildman–Crippen MR) is 76.3 cm³/mol. The van der Waals surface area contributed by atoms with E-state index in [9.17, 15) is 13.2 Å².